The molecule has 0 spiro atoms. The summed E-state index contributed by atoms with van der Waals surface area (Å²) in [4.78, 5) is 5.05. The smallest absolute Gasteiger partial charge is 0.177 e. The van der Waals surface area contributed by atoms with Gasteiger partial charge in [-0.2, -0.15) is 5.10 Å². The number of nitrogens with zero attached hydrogens (tertiary/aromatic N) is 3. The van der Waals surface area contributed by atoms with Gasteiger partial charge < -0.3 is 5.32 Å². The average molecular weight is 373 g/mol. The molecule has 0 amide bonds. The molecule has 0 radical (unpaired) electrons. The lowest BCUT2D eigenvalue weighted by Gasteiger charge is -2.16. The Morgan fingerprint density at radius 1 is 0.857 bits per heavy atom. The van der Waals surface area contributed by atoms with Gasteiger partial charge in [0, 0.05) is 24.0 Å². The maximum Gasteiger partial charge on any atom is 0.177 e. The number of hydrogen-bond donors (Lipinski definition) is 1. The summed E-state index contributed by atoms with van der Waals surface area (Å²) in [6.07, 6.45) is 5.81. The van der Waals surface area contributed by atoms with Gasteiger partial charge in [-0.1, -0.05) is 41.8 Å². The lowest BCUT2D eigenvalue weighted by Crippen LogP contribution is -2.24. The van der Waals surface area contributed by atoms with Crippen LogP contribution in [0, 0.1) is 13.8 Å². The molecule has 0 aliphatic heterocycles. The standard InChI is InChI=1S/C24H28N4/c1-17-9-13-19(14-10-17)25-23-21-7-5-4-6-8-22(21)28(3)27-24(23)26-20-15-11-18(2)12-16-20/h9-16H,4-8H2,1-3H3,(H,26,27). The van der Waals surface area contributed by atoms with Crippen molar-refractivity contribution in [3.05, 3.63) is 76.3 Å². The van der Waals surface area contributed by atoms with Crippen LogP contribution < -0.4 is 10.7 Å². The molecule has 2 aromatic carbocycles. The van der Waals surface area contributed by atoms with Crippen molar-refractivity contribution < 1.29 is 0 Å². The van der Waals surface area contributed by atoms with E-state index in [1.165, 1.54) is 41.6 Å². The second-order valence-electron chi connectivity index (χ2n) is 7.75. The molecule has 1 aromatic heterocycles. The summed E-state index contributed by atoms with van der Waals surface area (Å²) >= 11 is 0. The van der Waals surface area contributed by atoms with E-state index in [0.29, 0.717) is 0 Å². The average Bonchev–Trinajstić information content (AvgIpc) is 2.95. The van der Waals surface area contributed by atoms with E-state index in [1.54, 1.807) is 0 Å². The molecule has 0 bridgehead atoms. The number of benzene rings is 2. The van der Waals surface area contributed by atoms with Crippen LogP contribution in [0.3, 0.4) is 0 Å². The van der Waals surface area contributed by atoms with Gasteiger partial charge in [0.1, 0.15) is 5.36 Å². The summed E-state index contributed by atoms with van der Waals surface area (Å²) in [5, 5.41) is 9.37. The fraction of sp³-hybridized carbons (Fsp3) is 0.333. The van der Waals surface area contributed by atoms with Gasteiger partial charge in [-0.15, -0.1) is 0 Å². The molecular formula is C24H28N4. The van der Waals surface area contributed by atoms with Crippen molar-refractivity contribution in [2.75, 3.05) is 5.32 Å². The lowest BCUT2D eigenvalue weighted by atomic mass is 10.1. The van der Waals surface area contributed by atoms with Crippen LogP contribution in [0.5, 0.6) is 0 Å². The normalized spacial score (nSPS) is 14.5. The van der Waals surface area contributed by atoms with Crippen LogP contribution >= 0.6 is 0 Å². The van der Waals surface area contributed by atoms with Crippen LogP contribution in [0.4, 0.5) is 17.2 Å². The highest BCUT2D eigenvalue weighted by Crippen LogP contribution is 2.21. The largest absolute Gasteiger partial charge is 0.337 e. The Labute approximate surface area is 167 Å². The highest BCUT2D eigenvalue weighted by molar-refractivity contribution is 5.57. The Morgan fingerprint density at radius 2 is 1.50 bits per heavy atom. The second kappa shape index (κ2) is 8.01. The van der Waals surface area contributed by atoms with E-state index in [9.17, 15) is 0 Å². The predicted octanol–water partition coefficient (Wildman–Crippen LogP) is 5.28. The first kappa shape index (κ1) is 18.5. The number of aryl methyl sites for hydroxylation is 3. The van der Waals surface area contributed by atoms with Gasteiger partial charge in [0.15, 0.2) is 5.82 Å². The van der Waals surface area contributed by atoms with Gasteiger partial charge in [0.2, 0.25) is 0 Å². The minimum Gasteiger partial charge on any atom is -0.337 e. The molecule has 0 atom stereocenters. The van der Waals surface area contributed by atoms with Crippen molar-refractivity contribution in [3.63, 3.8) is 0 Å². The fourth-order valence-corrected chi connectivity index (χ4v) is 3.81. The van der Waals surface area contributed by atoms with E-state index in [2.05, 4.69) is 74.7 Å². The zero-order valence-electron chi connectivity index (χ0n) is 17.0. The summed E-state index contributed by atoms with van der Waals surface area (Å²) in [6.45, 7) is 4.20. The first-order valence-electron chi connectivity index (χ1n) is 10.1. The van der Waals surface area contributed by atoms with Crippen LogP contribution in [-0.4, -0.2) is 9.78 Å². The molecule has 1 aliphatic carbocycles. The predicted molar refractivity (Wildman–Crippen MR) is 115 cm³/mol. The van der Waals surface area contributed by atoms with E-state index in [-0.39, 0.29) is 0 Å². The summed E-state index contributed by atoms with van der Waals surface area (Å²) in [5.41, 5.74) is 7.15. The lowest BCUT2D eigenvalue weighted by molar-refractivity contribution is 0.652. The molecule has 1 heterocycles. The summed E-state index contributed by atoms with van der Waals surface area (Å²) in [6, 6.07) is 16.8. The van der Waals surface area contributed by atoms with Crippen LogP contribution in [0.25, 0.3) is 0 Å². The molecule has 4 heteroatoms. The van der Waals surface area contributed by atoms with Gasteiger partial charge >= 0.3 is 0 Å². The van der Waals surface area contributed by atoms with E-state index in [0.717, 1.165) is 35.4 Å². The number of fused-ring (bicyclic) bond motifs is 1. The highest BCUT2D eigenvalue weighted by atomic mass is 15.3. The number of nitrogens with one attached hydrogen (secondary N) is 1. The second-order valence-corrected chi connectivity index (χ2v) is 7.75. The molecule has 1 N–H and O–H groups in total. The van der Waals surface area contributed by atoms with Crippen molar-refractivity contribution in [2.45, 2.75) is 46.0 Å². The summed E-state index contributed by atoms with van der Waals surface area (Å²) in [5.74, 6) is 0.826. The molecular weight excluding hydrogens is 344 g/mol. The molecule has 144 valence electrons. The topological polar surface area (TPSA) is 42.2 Å². The fourth-order valence-electron chi connectivity index (χ4n) is 3.81. The van der Waals surface area contributed by atoms with Gasteiger partial charge in [-0.25, -0.2) is 4.99 Å². The maximum atomic E-state index is 5.05. The van der Waals surface area contributed by atoms with E-state index < -0.39 is 0 Å². The monoisotopic (exact) mass is 372 g/mol. The van der Waals surface area contributed by atoms with Crippen LogP contribution in [-0.2, 0) is 19.9 Å². The molecule has 0 fully saturated rings. The molecule has 4 rings (SSSR count). The van der Waals surface area contributed by atoms with Crippen molar-refractivity contribution in [1.29, 1.82) is 0 Å². The van der Waals surface area contributed by atoms with Gasteiger partial charge in [-0.05, 0) is 63.8 Å². The molecule has 28 heavy (non-hydrogen) atoms. The van der Waals surface area contributed by atoms with E-state index in [4.69, 9.17) is 10.1 Å². The Bertz CT molecular complexity index is 1030. The van der Waals surface area contributed by atoms with Gasteiger partial charge in [0.05, 0.1) is 5.69 Å². The van der Waals surface area contributed by atoms with E-state index in [1.807, 2.05) is 4.68 Å². The Hall–Kier alpha value is -2.88. The number of hydrogen-bond acceptors (Lipinski definition) is 3. The zero-order chi connectivity index (χ0) is 19.5. The van der Waals surface area contributed by atoms with Crippen molar-refractivity contribution in [1.82, 2.24) is 9.78 Å². The summed E-state index contributed by atoms with van der Waals surface area (Å²) in [7, 11) is 2.06. The zero-order valence-corrected chi connectivity index (χ0v) is 17.0. The Balaban J connectivity index is 1.88. The first-order valence-corrected chi connectivity index (χ1v) is 10.1. The third-order valence-corrected chi connectivity index (χ3v) is 5.43. The van der Waals surface area contributed by atoms with Crippen LogP contribution in [0.15, 0.2) is 53.5 Å². The van der Waals surface area contributed by atoms with E-state index >= 15 is 0 Å². The third-order valence-electron chi connectivity index (χ3n) is 5.43. The number of aromatic nitrogens is 2. The maximum absolute atomic E-state index is 5.05. The Kier molecular flexibility index (Phi) is 5.29. The molecule has 0 unspecified atom stereocenters. The molecule has 3 aromatic rings. The quantitative estimate of drug-likeness (QED) is 0.636. The van der Waals surface area contributed by atoms with Gasteiger partial charge in [0.25, 0.3) is 0 Å². The minimum absolute atomic E-state index is 0.826. The molecule has 0 saturated carbocycles. The highest BCUT2D eigenvalue weighted by Gasteiger charge is 2.17. The SMILES string of the molecule is Cc1ccc(N=c2c(Nc3ccc(C)cc3)nn(C)c3c2CCCCC3)cc1. The summed E-state index contributed by atoms with van der Waals surface area (Å²) < 4.78 is 2.05. The van der Waals surface area contributed by atoms with Gasteiger partial charge in [-0.3, -0.25) is 4.68 Å². The minimum atomic E-state index is 0.826. The molecule has 0 saturated heterocycles. The number of rotatable bonds is 3. The molecule has 4 nitrogen and oxygen atoms in total. The van der Waals surface area contributed by atoms with Crippen molar-refractivity contribution in [2.24, 2.45) is 12.0 Å². The first-order chi connectivity index (χ1) is 13.6. The Morgan fingerprint density at radius 3 is 2.21 bits per heavy atom. The third kappa shape index (κ3) is 4.01. The molecule has 1 aliphatic rings. The van der Waals surface area contributed by atoms with Crippen molar-refractivity contribution in [3.8, 4) is 0 Å². The van der Waals surface area contributed by atoms with Crippen molar-refractivity contribution >= 4 is 17.2 Å². The number of anilines is 2. The van der Waals surface area contributed by atoms with Crippen LogP contribution in [0.2, 0.25) is 0 Å². The van der Waals surface area contributed by atoms with Crippen LogP contribution in [0.1, 0.15) is 41.6 Å².